The van der Waals surface area contributed by atoms with E-state index in [4.69, 9.17) is 18.9 Å². The molecule has 0 radical (unpaired) electrons. The molecule has 0 heterocycles. The zero-order valence-electron chi connectivity index (χ0n) is 22.3. The van der Waals surface area contributed by atoms with Crippen molar-refractivity contribution >= 4 is 22.8 Å². The maximum absolute atomic E-state index is 12.4. The molecular formula is C30H35O6S+. The first-order valence-corrected chi connectivity index (χ1v) is 13.3. The quantitative estimate of drug-likeness (QED) is 0.245. The Morgan fingerprint density at radius 1 is 0.649 bits per heavy atom. The number of benzene rings is 3. The van der Waals surface area contributed by atoms with Crippen molar-refractivity contribution in [1.29, 1.82) is 0 Å². The van der Waals surface area contributed by atoms with Gasteiger partial charge >= 0.3 is 11.9 Å². The molecule has 7 heteroatoms. The van der Waals surface area contributed by atoms with Gasteiger partial charge in [0.05, 0.1) is 0 Å². The number of hydrogen-bond acceptors (Lipinski definition) is 6. The van der Waals surface area contributed by atoms with E-state index in [9.17, 15) is 9.59 Å². The van der Waals surface area contributed by atoms with Crippen molar-refractivity contribution in [1.82, 2.24) is 0 Å². The van der Waals surface area contributed by atoms with Gasteiger partial charge in [0.25, 0.3) is 0 Å². The molecule has 37 heavy (non-hydrogen) atoms. The zero-order chi connectivity index (χ0) is 27.1. The Bertz CT molecular complexity index is 1140. The molecule has 0 amide bonds. The number of ether oxygens (including phenoxy) is 4. The van der Waals surface area contributed by atoms with Crippen molar-refractivity contribution in [3.63, 3.8) is 0 Å². The smallest absolute Gasteiger partial charge is 0.344 e. The molecule has 0 aliphatic carbocycles. The fourth-order valence-electron chi connectivity index (χ4n) is 3.38. The van der Waals surface area contributed by atoms with Gasteiger partial charge in [-0.3, -0.25) is 0 Å². The molecule has 3 rings (SSSR count). The minimum atomic E-state index is -0.610. The van der Waals surface area contributed by atoms with Gasteiger partial charge < -0.3 is 18.9 Å². The van der Waals surface area contributed by atoms with Crippen LogP contribution < -0.4 is 9.47 Å². The van der Waals surface area contributed by atoms with Crippen LogP contribution in [0.2, 0.25) is 0 Å². The predicted molar refractivity (Wildman–Crippen MR) is 144 cm³/mol. The highest BCUT2D eigenvalue weighted by Gasteiger charge is 2.33. The van der Waals surface area contributed by atoms with Crippen LogP contribution in [-0.2, 0) is 30.0 Å². The van der Waals surface area contributed by atoms with Gasteiger partial charge in [0, 0.05) is 6.07 Å². The summed E-state index contributed by atoms with van der Waals surface area (Å²) in [5, 5.41) is 0. The molecule has 6 nitrogen and oxygen atoms in total. The lowest BCUT2D eigenvalue weighted by Crippen LogP contribution is -2.27. The van der Waals surface area contributed by atoms with Crippen LogP contribution in [0.25, 0.3) is 0 Å². The zero-order valence-corrected chi connectivity index (χ0v) is 23.1. The van der Waals surface area contributed by atoms with Crippen LogP contribution in [0, 0.1) is 0 Å². The highest BCUT2D eigenvalue weighted by Crippen LogP contribution is 2.39. The Kier molecular flexibility index (Phi) is 9.27. The number of esters is 2. The summed E-state index contributed by atoms with van der Waals surface area (Å²) in [6, 6.07) is 25.5. The summed E-state index contributed by atoms with van der Waals surface area (Å²) in [6.45, 7) is 10.4. The largest absolute Gasteiger partial charge is 0.482 e. The van der Waals surface area contributed by atoms with Gasteiger partial charge in [-0.2, -0.15) is 0 Å². The van der Waals surface area contributed by atoms with Crippen molar-refractivity contribution in [3.05, 3.63) is 78.9 Å². The molecule has 0 unspecified atom stereocenters. The molecule has 0 bridgehead atoms. The third-order valence-electron chi connectivity index (χ3n) is 4.64. The molecular weight excluding hydrogens is 488 g/mol. The lowest BCUT2D eigenvalue weighted by molar-refractivity contribution is -0.158. The number of hydrogen-bond donors (Lipinski definition) is 0. The average molecular weight is 524 g/mol. The van der Waals surface area contributed by atoms with Crippen LogP contribution in [0.15, 0.2) is 93.5 Å². The molecule has 0 fully saturated rings. The van der Waals surface area contributed by atoms with E-state index >= 15 is 0 Å². The highest BCUT2D eigenvalue weighted by molar-refractivity contribution is 7.97. The van der Waals surface area contributed by atoms with E-state index in [0.29, 0.717) is 11.5 Å². The Balaban J connectivity index is 1.98. The summed E-state index contributed by atoms with van der Waals surface area (Å²) in [6.07, 6.45) is 0. The average Bonchev–Trinajstić information content (AvgIpc) is 2.81. The SMILES string of the molecule is CC(C)(C)OC(=O)COc1ccc(OCC(=O)OC(C)(C)C)c([S+](c2ccccc2)c2ccccc2)c1. The maximum atomic E-state index is 12.4. The van der Waals surface area contributed by atoms with Crippen LogP contribution in [0.5, 0.6) is 11.5 Å². The molecule has 3 aromatic carbocycles. The molecule has 0 aliphatic heterocycles. The standard InChI is InChI=1S/C30H35O6S/c1-29(2,3)35-27(31)20-33-22-17-18-25(34-21-28(32)36-30(4,5)6)26(19-22)37(23-13-9-7-10-14-23)24-15-11-8-12-16-24/h7-19H,20-21H2,1-6H3/q+1. The molecule has 0 N–H and O–H groups in total. The van der Waals surface area contributed by atoms with Gasteiger partial charge in [-0.25, -0.2) is 9.59 Å². The monoisotopic (exact) mass is 523 g/mol. The fraction of sp³-hybridized carbons (Fsp3) is 0.333. The van der Waals surface area contributed by atoms with Crippen molar-refractivity contribution < 1.29 is 28.5 Å². The summed E-state index contributed by atoms with van der Waals surface area (Å²) in [5.41, 5.74) is -1.21. The van der Waals surface area contributed by atoms with E-state index in [2.05, 4.69) is 24.3 Å². The lowest BCUT2D eigenvalue weighted by Gasteiger charge is -2.20. The first-order chi connectivity index (χ1) is 17.4. The second-order valence-electron chi connectivity index (χ2n) is 10.3. The Morgan fingerprint density at radius 3 is 1.57 bits per heavy atom. The third-order valence-corrected chi connectivity index (χ3v) is 6.88. The second kappa shape index (κ2) is 12.2. The third kappa shape index (κ3) is 9.17. The van der Waals surface area contributed by atoms with E-state index in [1.54, 1.807) is 12.1 Å². The molecule has 0 aromatic heterocycles. The van der Waals surface area contributed by atoms with Crippen LogP contribution in [0.4, 0.5) is 0 Å². The normalized spacial score (nSPS) is 11.6. The lowest BCUT2D eigenvalue weighted by atomic mass is 10.2. The summed E-state index contributed by atoms with van der Waals surface area (Å²) in [4.78, 5) is 27.6. The summed E-state index contributed by atoms with van der Waals surface area (Å²) < 4.78 is 22.6. The topological polar surface area (TPSA) is 71.1 Å². The van der Waals surface area contributed by atoms with Crippen molar-refractivity contribution in [2.24, 2.45) is 0 Å². The second-order valence-corrected chi connectivity index (χ2v) is 12.3. The molecule has 0 saturated carbocycles. The van der Waals surface area contributed by atoms with Gasteiger partial charge in [-0.1, -0.05) is 36.4 Å². The molecule has 196 valence electrons. The number of rotatable bonds is 9. The van der Waals surface area contributed by atoms with E-state index in [0.717, 1.165) is 14.7 Å². The van der Waals surface area contributed by atoms with E-state index in [1.165, 1.54) is 0 Å². The number of carbonyl (C=O) groups excluding carboxylic acids is 2. The Morgan fingerprint density at radius 2 is 1.11 bits per heavy atom. The molecule has 0 aliphatic rings. The Labute approximate surface area is 222 Å². The number of carbonyl (C=O) groups is 2. The van der Waals surface area contributed by atoms with Crippen LogP contribution in [0.3, 0.4) is 0 Å². The minimum absolute atomic E-state index is 0.223. The van der Waals surface area contributed by atoms with Crippen molar-refractivity contribution in [3.8, 4) is 11.5 Å². The van der Waals surface area contributed by atoms with Crippen molar-refractivity contribution in [2.45, 2.75) is 67.4 Å². The van der Waals surface area contributed by atoms with E-state index in [1.807, 2.05) is 84.0 Å². The first kappa shape index (κ1) is 28.1. The van der Waals surface area contributed by atoms with Gasteiger partial charge in [-0.15, -0.1) is 0 Å². The van der Waals surface area contributed by atoms with Crippen LogP contribution in [0.1, 0.15) is 41.5 Å². The van der Waals surface area contributed by atoms with Crippen molar-refractivity contribution in [2.75, 3.05) is 13.2 Å². The molecule has 0 spiro atoms. The van der Waals surface area contributed by atoms with Crippen LogP contribution >= 0.6 is 0 Å². The Hall–Kier alpha value is -3.45. The highest BCUT2D eigenvalue weighted by atomic mass is 32.2. The maximum Gasteiger partial charge on any atom is 0.344 e. The molecule has 0 saturated heterocycles. The van der Waals surface area contributed by atoms with Gasteiger partial charge in [0.15, 0.2) is 28.8 Å². The summed E-state index contributed by atoms with van der Waals surface area (Å²) in [7, 11) is -0.574. The van der Waals surface area contributed by atoms with Gasteiger partial charge in [-0.05, 0) is 77.9 Å². The predicted octanol–water partition coefficient (Wildman–Crippen LogP) is 6.22. The van der Waals surface area contributed by atoms with Gasteiger partial charge in [0.2, 0.25) is 4.90 Å². The molecule has 0 atom stereocenters. The van der Waals surface area contributed by atoms with Gasteiger partial charge in [0.1, 0.15) is 27.8 Å². The fourth-order valence-corrected chi connectivity index (χ4v) is 5.58. The first-order valence-electron chi connectivity index (χ1n) is 12.1. The summed E-state index contributed by atoms with van der Waals surface area (Å²) >= 11 is 0. The minimum Gasteiger partial charge on any atom is -0.482 e. The van der Waals surface area contributed by atoms with Crippen LogP contribution in [-0.4, -0.2) is 36.4 Å². The molecule has 3 aromatic rings. The summed E-state index contributed by atoms with van der Waals surface area (Å²) in [5.74, 6) is 0.119. The van der Waals surface area contributed by atoms with E-state index in [-0.39, 0.29) is 13.2 Å². The van der Waals surface area contributed by atoms with E-state index < -0.39 is 34.0 Å².